The van der Waals surface area contributed by atoms with Gasteiger partial charge in [0.2, 0.25) is 0 Å². The maximum Gasteiger partial charge on any atom is 0.400 e. The van der Waals surface area contributed by atoms with E-state index in [0.717, 1.165) is 18.1 Å². The smallest absolute Gasteiger partial charge is 0.400 e. The van der Waals surface area contributed by atoms with E-state index in [1.54, 1.807) is 0 Å². The van der Waals surface area contributed by atoms with E-state index in [1.807, 2.05) is 0 Å². The maximum absolute atomic E-state index is 15.0. The van der Waals surface area contributed by atoms with Crippen LogP contribution in [-0.4, -0.2) is 6.11 Å². The Kier molecular flexibility index (Phi) is 10.1. The molecule has 2 aromatic rings. The zero-order chi connectivity index (χ0) is 28.0. The highest BCUT2D eigenvalue weighted by molar-refractivity contribution is 5.66. The number of allylic oxidation sites excluding steroid dienone is 2. The van der Waals surface area contributed by atoms with E-state index in [-0.39, 0.29) is 24.3 Å². The van der Waals surface area contributed by atoms with Crippen LogP contribution in [0.2, 0.25) is 0 Å². The lowest BCUT2D eigenvalue weighted by atomic mass is 9.78. The fourth-order valence-corrected chi connectivity index (χ4v) is 6.09. The Morgan fingerprint density at radius 2 is 1.33 bits per heavy atom. The largest absolute Gasteiger partial charge is 0.432 e. The quantitative estimate of drug-likeness (QED) is 0.162. The Bertz CT molecular complexity index is 1090. The average Bonchev–Trinajstić information content (AvgIpc) is 2.90. The van der Waals surface area contributed by atoms with Crippen LogP contribution in [0, 0.1) is 46.9 Å². The van der Waals surface area contributed by atoms with Crippen molar-refractivity contribution in [2.45, 2.75) is 90.1 Å². The number of unbranched alkanes of at least 4 members (excludes halogenated alkanes) is 2. The van der Waals surface area contributed by atoms with Crippen molar-refractivity contribution in [2.24, 2.45) is 23.7 Å². The second-order valence-corrected chi connectivity index (χ2v) is 11.3. The number of halogens is 6. The normalized spacial score (nSPS) is 24.3. The van der Waals surface area contributed by atoms with E-state index in [0.29, 0.717) is 37.0 Å². The summed E-state index contributed by atoms with van der Waals surface area (Å²) in [5, 5.41) is 0. The maximum atomic E-state index is 15.0. The van der Waals surface area contributed by atoms with Crippen LogP contribution in [0.25, 0.3) is 11.1 Å². The Morgan fingerprint density at radius 3 is 1.90 bits per heavy atom. The van der Waals surface area contributed by atoms with E-state index in [2.05, 4.69) is 19.1 Å². The molecule has 2 aromatic carbocycles. The predicted molar refractivity (Wildman–Crippen MR) is 141 cm³/mol. The zero-order valence-corrected chi connectivity index (χ0v) is 22.5. The summed E-state index contributed by atoms with van der Waals surface area (Å²) in [5.74, 6) is -4.85. The second kappa shape index (κ2) is 13.3. The molecule has 0 spiro atoms. The Hall–Kier alpha value is -2.44. The monoisotopic (exact) mass is 552 g/mol. The molecule has 2 fully saturated rings. The predicted octanol–water partition coefficient (Wildman–Crippen LogP) is 10.6. The molecule has 7 heteroatoms. The third-order valence-corrected chi connectivity index (χ3v) is 8.49. The molecule has 0 atom stereocenters. The van der Waals surface area contributed by atoms with Crippen molar-refractivity contribution in [1.29, 1.82) is 0 Å². The SMILES string of the molecule is CCCCCC1CCC(/C=C/C2CCC(C(F)(F)Oc3cc(F)c(-c4ccc(F)c(F)c4)c(F)c3)CC2)CC1. The molecular weight excluding hydrogens is 514 g/mol. The third kappa shape index (κ3) is 7.82. The molecule has 0 unspecified atom stereocenters. The molecule has 2 saturated carbocycles. The van der Waals surface area contributed by atoms with Crippen LogP contribution in [0.3, 0.4) is 0 Å². The fraction of sp³-hybridized carbons (Fsp3) is 0.562. The molecule has 4 rings (SSSR count). The summed E-state index contributed by atoms with van der Waals surface area (Å²) in [6, 6.07) is 3.72. The first-order valence-corrected chi connectivity index (χ1v) is 14.4. The molecule has 0 N–H and O–H groups in total. The number of rotatable bonds is 10. The summed E-state index contributed by atoms with van der Waals surface area (Å²) < 4.78 is 90.7. The van der Waals surface area contributed by atoms with Gasteiger partial charge in [-0.05, 0) is 86.8 Å². The van der Waals surface area contributed by atoms with Gasteiger partial charge in [-0.25, -0.2) is 17.6 Å². The molecule has 1 nitrogen and oxygen atoms in total. The summed E-state index contributed by atoms with van der Waals surface area (Å²) in [7, 11) is 0. The molecule has 0 aromatic heterocycles. The van der Waals surface area contributed by atoms with E-state index < -0.39 is 46.6 Å². The standard InChI is InChI=1S/C32H38F6O/c1-2-3-4-5-21-6-8-22(9-7-21)10-11-23-12-15-25(16-13-23)32(37,38)39-26-19-29(35)31(30(36)20-26)24-14-17-27(33)28(34)18-24/h10-11,14,17-23,25H,2-9,12-13,15-16H2,1H3/b11-10+. The number of alkyl halides is 2. The van der Waals surface area contributed by atoms with Gasteiger partial charge in [0.25, 0.3) is 0 Å². The van der Waals surface area contributed by atoms with Crippen molar-refractivity contribution in [1.82, 2.24) is 0 Å². The van der Waals surface area contributed by atoms with Crippen LogP contribution in [0.5, 0.6) is 5.75 Å². The molecule has 0 bridgehead atoms. The minimum absolute atomic E-state index is 0.242. The van der Waals surface area contributed by atoms with Crippen molar-refractivity contribution in [3.05, 3.63) is 65.8 Å². The highest BCUT2D eigenvalue weighted by Gasteiger charge is 2.44. The van der Waals surface area contributed by atoms with Gasteiger partial charge in [0.15, 0.2) is 11.6 Å². The number of ether oxygens (including phenoxy) is 1. The highest BCUT2D eigenvalue weighted by atomic mass is 19.3. The lowest BCUT2D eigenvalue weighted by molar-refractivity contribution is -0.223. The van der Waals surface area contributed by atoms with E-state index in [1.165, 1.54) is 51.4 Å². The van der Waals surface area contributed by atoms with Gasteiger partial charge in [0.05, 0.1) is 11.5 Å². The highest BCUT2D eigenvalue weighted by Crippen LogP contribution is 2.42. The topological polar surface area (TPSA) is 9.23 Å². The summed E-state index contributed by atoms with van der Waals surface area (Å²) in [6.45, 7) is 2.23. The van der Waals surface area contributed by atoms with Gasteiger partial charge < -0.3 is 4.74 Å². The van der Waals surface area contributed by atoms with Crippen LogP contribution in [-0.2, 0) is 0 Å². The molecule has 0 radical (unpaired) electrons. The van der Waals surface area contributed by atoms with Gasteiger partial charge in [-0.3, -0.25) is 0 Å². The first kappa shape index (κ1) is 29.5. The van der Waals surface area contributed by atoms with Crippen molar-refractivity contribution < 1.29 is 31.1 Å². The molecule has 0 saturated heterocycles. The van der Waals surface area contributed by atoms with Crippen LogP contribution in [0.1, 0.15) is 84.0 Å². The fourth-order valence-electron chi connectivity index (χ4n) is 6.09. The number of hydrogen-bond acceptors (Lipinski definition) is 1. The molecule has 0 heterocycles. The number of hydrogen-bond donors (Lipinski definition) is 0. The molecule has 2 aliphatic rings. The minimum Gasteiger partial charge on any atom is -0.432 e. The van der Waals surface area contributed by atoms with E-state index in [9.17, 15) is 26.3 Å². The van der Waals surface area contributed by atoms with Gasteiger partial charge in [0.1, 0.15) is 17.4 Å². The molecule has 0 aliphatic heterocycles. The summed E-state index contributed by atoms with van der Waals surface area (Å²) in [4.78, 5) is 0. The van der Waals surface area contributed by atoms with Gasteiger partial charge in [-0.1, -0.05) is 50.8 Å². The average molecular weight is 553 g/mol. The first-order chi connectivity index (χ1) is 18.7. The molecule has 0 amide bonds. The lowest BCUT2D eigenvalue weighted by Crippen LogP contribution is -2.37. The van der Waals surface area contributed by atoms with Crippen LogP contribution >= 0.6 is 0 Å². The van der Waals surface area contributed by atoms with Crippen LogP contribution in [0.15, 0.2) is 42.5 Å². The Balaban J connectivity index is 1.28. The third-order valence-electron chi connectivity index (χ3n) is 8.49. The van der Waals surface area contributed by atoms with Gasteiger partial charge in [-0.2, -0.15) is 8.78 Å². The van der Waals surface area contributed by atoms with Crippen LogP contribution in [0.4, 0.5) is 26.3 Å². The van der Waals surface area contributed by atoms with Crippen molar-refractivity contribution >= 4 is 0 Å². The van der Waals surface area contributed by atoms with Gasteiger partial charge in [0, 0.05) is 12.1 Å². The van der Waals surface area contributed by atoms with Crippen molar-refractivity contribution in [2.75, 3.05) is 0 Å². The van der Waals surface area contributed by atoms with Crippen molar-refractivity contribution in [3.63, 3.8) is 0 Å². The minimum atomic E-state index is -3.59. The molecular formula is C32H38F6O. The van der Waals surface area contributed by atoms with Crippen molar-refractivity contribution in [3.8, 4) is 16.9 Å². The van der Waals surface area contributed by atoms with E-state index >= 15 is 0 Å². The first-order valence-electron chi connectivity index (χ1n) is 14.4. The summed E-state index contributed by atoms with van der Waals surface area (Å²) in [6.07, 6.45) is 12.8. The van der Waals surface area contributed by atoms with Gasteiger partial charge >= 0.3 is 6.11 Å². The molecule has 214 valence electrons. The Morgan fingerprint density at radius 1 is 0.744 bits per heavy atom. The second-order valence-electron chi connectivity index (χ2n) is 11.3. The lowest BCUT2D eigenvalue weighted by Gasteiger charge is -2.33. The molecule has 39 heavy (non-hydrogen) atoms. The van der Waals surface area contributed by atoms with Gasteiger partial charge in [-0.15, -0.1) is 0 Å². The van der Waals surface area contributed by atoms with Crippen LogP contribution < -0.4 is 4.74 Å². The zero-order valence-electron chi connectivity index (χ0n) is 22.5. The van der Waals surface area contributed by atoms with E-state index in [4.69, 9.17) is 4.74 Å². The number of benzene rings is 2. The summed E-state index contributed by atoms with van der Waals surface area (Å²) in [5.41, 5.74) is -0.879. The molecule has 2 aliphatic carbocycles. The Labute approximate surface area is 227 Å². The summed E-state index contributed by atoms with van der Waals surface area (Å²) >= 11 is 0.